The Morgan fingerprint density at radius 1 is 1.00 bits per heavy atom. The molecule has 3 unspecified atom stereocenters. The van der Waals surface area contributed by atoms with Crippen LogP contribution in [0.4, 0.5) is 0 Å². The van der Waals surface area contributed by atoms with Gasteiger partial charge in [0.25, 0.3) is 0 Å². The van der Waals surface area contributed by atoms with Gasteiger partial charge in [-0.2, -0.15) is 0 Å². The first-order chi connectivity index (χ1) is 8.81. The lowest BCUT2D eigenvalue weighted by Crippen LogP contribution is -2.38. The number of nitrogens with two attached hydrogens (primary N) is 1. The highest BCUT2D eigenvalue weighted by Crippen LogP contribution is 2.35. The van der Waals surface area contributed by atoms with Crippen LogP contribution < -0.4 is 5.73 Å². The summed E-state index contributed by atoms with van der Waals surface area (Å²) in [7, 11) is 0. The molecule has 0 amide bonds. The lowest BCUT2D eigenvalue weighted by atomic mass is 9.78. The predicted octanol–water partition coefficient (Wildman–Crippen LogP) is 3.41. The Labute approximate surface area is 113 Å². The fraction of sp³-hybridized carbons (Fsp3) is 1.00. The molecule has 0 aromatic heterocycles. The lowest BCUT2D eigenvalue weighted by Gasteiger charge is -2.29. The van der Waals surface area contributed by atoms with Gasteiger partial charge in [0.05, 0.1) is 0 Å². The standard InChI is InChI=1S/C16H32N2/c1-2-3-4-5-6-7-11-18-12-14-9-8-10-16(17)15(14)13-18/h14-16H,2-13,17H2,1H3. The first-order valence-electron chi connectivity index (χ1n) is 8.29. The number of hydrogen-bond acceptors (Lipinski definition) is 2. The van der Waals surface area contributed by atoms with Gasteiger partial charge in [0.1, 0.15) is 0 Å². The summed E-state index contributed by atoms with van der Waals surface area (Å²) in [5.41, 5.74) is 6.27. The molecule has 18 heavy (non-hydrogen) atoms. The molecule has 2 aliphatic rings. The molecule has 0 radical (unpaired) electrons. The predicted molar refractivity (Wildman–Crippen MR) is 78.6 cm³/mol. The Bertz CT molecular complexity index is 229. The van der Waals surface area contributed by atoms with Crippen LogP contribution in [0.25, 0.3) is 0 Å². The first-order valence-corrected chi connectivity index (χ1v) is 8.29. The van der Waals surface area contributed by atoms with E-state index in [1.807, 2.05) is 0 Å². The van der Waals surface area contributed by atoms with E-state index >= 15 is 0 Å². The molecule has 2 nitrogen and oxygen atoms in total. The maximum absolute atomic E-state index is 6.27. The summed E-state index contributed by atoms with van der Waals surface area (Å²) in [4.78, 5) is 2.69. The molecule has 0 aromatic rings. The molecule has 1 saturated carbocycles. The van der Waals surface area contributed by atoms with Crippen molar-refractivity contribution in [3.8, 4) is 0 Å². The van der Waals surface area contributed by atoms with Gasteiger partial charge in [0, 0.05) is 19.1 Å². The number of unbranched alkanes of at least 4 members (excludes halogenated alkanes) is 5. The third-order valence-electron chi connectivity index (χ3n) is 5.06. The average molecular weight is 252 g/mol. The summed E-state index contributed by atoms with van der Waals surface area (Å²) in [5, 5.41) is 0. The van der Waals surface area contributed by atoms with Crippen LogP contribution >= 0.6 is 0 Å². The summed E-state index contributed by atoms with van der Waals surface area (Å²) < 4.78 is 0. The molecule has 3 atom stereocenters. The van der Waals surface area contributed by atoms with Crippen LogP contribution in [-0.4, -0.2) is 30.6 Å². The minimum absolute atomic E-state index is 0.498. The van der Waals surface area contributed by atoms with Crippen molar-refractivity contribution < 1.29 is 0 Å². The quantitative estimate of drug-likeness (QED) is 0.704. The summed E-state index contributed by atoms with van der Waals surface area (Å²) >= 11 is 0. The van der Waals surface area contributed by atoms with Gasteiger partial charge in [0.15, 0.2) is 0 Å². The third kappa shape index (κ3) is 3.96. The molecule has 106 valence electrons. The van der Waals surface area contributed by atoms with E-state index in [1.54, 1.807) is 0 Å². The van der Waals surface area contributed by atoms with Gasteiger partial charge in [-0.15, -0.1) is 0 Å². The summed E-state index contributed by atoms with van der Waals surface area (Å²) in [6.07, 6.45) is 12.6. The van der Waals surface area contributed by atoms with Crippen LogP contribution in [0.5, 0.6) is 0 Å². The van der Waals surface area contributed by atoms with Crippen molar-refractivity contribution in [3.05, 3.63) is 0 Å². The molecule has 1 aliphatic heterocycles. The van der Waals surface area contributed by atoms with E-state index in [4.69, 9.17) is 5.73 Å². The fourth-order valence-corrected chi connectivity index (χ4v) is 3.91. The molecule has 0 aromatic carbocycles. The van der Waals surface area contributed by atoms with Crippen molar-refractivity contribution in [3.63, 3.8) is 0 Å². The van der Waals surface area contributed by atoms with Crippen LogP contribution in [0.3, 0.4) is 0 Å². The Morgan fingerprint density at radius 3 is 2.56 bits per heavy atom. The van der Waals surface area contributed by atoms with Gasteiger partial charge in [-0.1, -0.05) is 45.4 Å². The molecule has 2 heteroatoms. The molecule has 2 rings (SSSR count). The molecule has 0 bridgehead atoms. The molecule has 2 fully saturated rings. The van der Waals surface area contributed by atoms with E-state index < -0.39 is 0 Å². The van der Waals surface area contributed by atoms with E-state index in [0.29, 0.717) is 6.04 Å². The number of rotatable bonds is 7. The maximum atomic E-state index is 6.27. The van der Waals surface area contributed by atoms with Crippen molar-refractivity contribution in [1.82, 2.24) is 4.90 Å². The average Bonchev–Trinajstić information content (AvgIpc) is 2.78. The van der Waals surface area contributed by atoms with Crippen molar-refractivity contribution in [2.45, 2.75) is 70.8 Å². The lowest BCUT2D eigenvalue weighted by molar-refractivity contribution is 0.259. The summed E-state index contributed by atoms with van der Waals surface area (Å²) in [6, 6.07) is 0.498. The van der Waals surface area contributed by atoms with Gasteiger partial charge in [-0.3, -0.25) is 0 Å². The normalized spacial score (nSPS) is 32.7. The number of hydrogen-bond donors (Lipinski definition) is 1. The molecular weight excluding hydrogens is 220 g/mol. The number of nitrogens with zero attached hydrogens (tertiary/aromatic N) is 1. The Balaban J connectivity index is 1.58. The van der Waals surface area contributed by atoms with Crippen molar-refractivity contribution in [2.24, 2.45) is 17.6 Å². The second kappa shape index (κ2) is 7.49. The van der Waals surface area contributed by atoms with E-state index in [9.17, 15) is 0 Å². The minimum Gasteiger partial charge on any atom is -0.327 e. The van der Waals surface area contributed by atoms with Crippen LogP contribution in [0, 0.1) is 11.8 Å². The zero-order valence-corrected chi connectivity index (χ0v) is 12.2. The smallest absolute Gasteiger partial charge is 0.00825 e. The van der Waals surface area contributed by atoms with Crippen LogP contribution in [0.15, 0.2) is 0 Å². The van der Waals surface area contributed by atoms with Gasteiger partial charge >= 0.3 is 0 Å². The topological polar surface area (TPSA) is 29.3 Å². The highest BCUT2D eigenvalue weighted by atomic mass is 15.2. The molecular formula is C16H32N2. The van der Waals surface area contributed by atoms with Gasteiger partial charge < -0.3 is 10.6 Å². The third-order valence-corrected chi connectivity index (χ3v) is 5.06. The van der Waals surface area contributed by atoms with Gasteiger partial charge in [0.2, 0.25) is 0 Å². The molecule has 2 N–H and O–H groups in total. The maximum Gasteiger partial charge on any atom is 0.00825 e. The SMILES string of the molecule is CCCCCCCCN1CC2CCCC(N)C2C1. The monoisotopic (exact) mass is 252 g/mol. The second-order valence-corrected chi connectivity index (χ2v) is 6.55. The number of fused-ring (bicyclic) bond motifs is 1. The van der Waals surface area contributed by atoms with Crippen LogP contribution in [-0.2, 0) is 0 Å². The fourth-order valence-electron chi connectivity index (χ4n) is 3.91. The van der Waals surface area contributed by atoms with E-state index in [1.165, 1.54) is 77.4 Å². The Kier molecular flexibility index (Phi) is 5.97. The first kappa shape index (κ1) is 14.3. The highest BCUT2D eigenvalue weighted by molar-refractivity contribution is 4.92. The largest absolute Gasteiger partial charge is 0.327 e. The number of likely N-dealkylation sites (tertiary alicyclic amines) is 1. The summed E-state index contributed by atoms with van der Waals surface area (Å²) in [6.45, 7) is 6.25. The van der Waals surface area contributed by atoms with E-state index in [-0.39, 0.29) is 0 Å². The van der Waals surface area contributed by atoms with E-state index in [2.05, 4.69) is 11.8 Å². The second-order valence-electron chi connectivity index (χ2n) is 6.55. The van der Waals surface area contributed by atoms with Crippen LogP contribution in [0.2, 0.25) is 0 Å². The van der Waals surface area contributed by atoms with E-state index in [0.717, 1.165) is 11.8 Å². The molecule has 1 aliphatic carbocycles. The Hall–Kier alpha value is -0.0800. The zero-order chi connectivity index (χ0) is 12.8. The van der Waals surface area contributed by atoms with Crippen LogP contribution in [0.1, 0.15) is 64.7 Å². The molecule has 1 heterocycles. The van der Waals surface area contributed by atoms with Crippen molar-refractivity contribution in [1.29, 1.82) is 0 Å². The zero-order valence-electron chi connectivity index (χ0n) is 12.2. The van der Waals surface area contributed by atoms with Crippen molar-refractivity contribution >= 4 is 0 Å². The molecule has 1 saturated heterocycles. The minimum atomic E-state index is 0.498. The van der Waals surface area contributed by atoms with Crippen molar-refractivity contribution in [2.75, 3.05) is 19.6 Å². The summed E-state index contributed by atoms with van der Waals surface area (Å²) in [5.74, 6) is 1.74. The molecule has 0 spiro atoms. The highest BCUT2D eigenvalue weighted by Gasteiger charge is 2.38. The van der Waals surface area contributed by atoms with Gasteiger partial charge in [-0.25, -0.2) is 0 Å². The van der Waals surface area contributed by atoms with Gasteiger partial charge in [-0.05, 0) is 37.6 Å². The Morgan fingerprint density at radius 2 is 1.78 bits per heavy atom.